The molecule has 0 N–H and O–H groups in total. The van der Waals surface area contributed by atoms with E-state index in [9.17, 15) is 13.2 Å². The molecule has 118 valence electrons. The maximum absolute atomic E-state index is 12.1. The third-order valence-corrected chi connectivity index (χ3v) is 4.60. The third-order valence-electron chi connectivity index (χ3n) is 3.32. The van der Waals surface area contributed by atoms with Gasteiger partial charge in [0.15, 0.2) is 0 Å². The van der Waals surface area contributed by atoms with Gasteiger partial charge >= 0.3 is 5.97 Å². The van der Waals surface area contributed by atoms with Gasteiger partial charge in [-0.2, -0.15) is 8.42 Å². The van der Waals surface area contributed by atoms with Gasteiger partial charge in [-0.05, 0) is 32.4 Å². The molecule has 1 atom stereocenters. The van der Waals surface area contributed by atoms with Crippen molar-refractivity contribution in [1.29, 1.82) is 0 Å². The lowest BCUT2D eigenvalue weighted by atomic mass is 9.87. The van der Waals surface area contributed by atoms with Crippen LogP contribution in [0, 0.1) is 12.3 Å². The minimum absolute atomic E-state index is 0.0804. The highest BCUT2D eigenvalue weighted by Gasteiger charge is 2.36. The second-order valence-corrected chi connectivity index (χ2v) is 6.95. The molecule has 0 aliphatic carbocycles. The van der Waals surface area contributed by atoms with Crippen LogP contribution < -0.4 is 0 Å². The van der Waals surface area contributed by atoms with E-state index >= 15 is 0 Å². The second kappa shape index (κ2) is 7.04. The Kier molecular flexibility index (Phi) is 5.92. The number of ether oxygens (including phenoxy) is 1. The number of esters is 1. The van der Waals surface area contributed by atoms with Crippen LogP contribution in [-0.4, -0.2) is 28.1 Å². The first-order valence-electron chi connectivity index (χ1n) is 6.79. The largest absolute Gasteiger partial charge is 0.469 e. The first-order chi connectivity index (χ1) is 9.75. The first kappa shape index (κ1) is 17.7. The smallest absolute Gasteiger partial charge is 0.313 e. The van der Waals surface area contributed by atoms with Gasteiger partial charge in [0.1, 0.15) is 0 Å². The van der Waals surface area contributed by atoms with Crippen LogP contribution in [0.1, 0.15) is 32.3 Å². The van der Waals surface area contributed by atoms with Crippen molar-refractivity contribution >= 4 is 16.1 Å². The van der Waals surface area contributed by atoms with Crippen LogP contribution in [0.3, 0.4) is 0 Å². The maximum Gasteiger partial charge on any atom is 0.313 e. The summed E-state index contributed by atoms with van der Waals surface area (Å²) in [5.74, 6) is -0.469. The molecular weight excluding hydrogens is 292 g/mol. The summed E-state index contributed by atoms with van der Waals surface area (Å²) in [6, 6.07) is 6.36. The van der Waals surface area contributed by atoms with E-state index in [1.165, 1.54) is 19.2 Å². The van der Waals surface area contributed by atoms with E-state index in [0.29, 0.717) is 6.42 Å². The molecule has 0 amide bonds. The summed E-state index contributed by atoms with van der Waals surface area (Å²) >= 11 is 0. The lowest BCUT2D eigenvalue weighted by molar-refractivity contribution is -0.154. The molecule has 0 saturated heterocycles. The standard InChI is InChI=1S/C15H22O5S/c1-5-10-15(3,14(16)19-4)11-20-21(17,18)13-8-6-12(2)7-9-13/h6-9H,5,10-11H2,1-4H3. The summed E-state index contributed by atoms with van der Waals surface area (Å²) in [6.45, 7) is 5.19. The fourth-order valence-corrected chi connectivity index (χ4v) is 3.03. The van der Waals surface area contributed by atoms with Gasteiger partial charge in [0.05, 0.1) is 24.0 Å². The Morgan fingerprint density at radius 3 is 2.29 bits per heavy atom. The average Bonchev–Trinajstić information content (AvgIpc) is 2.45. The molecule has 1 aromatic rings. The Morgan fingerprint density at radius 1 is 1.24 bits per heavy atom. The molecule has 0 aliphatic heterocycles. The van der Waals surface area contributed by atoms with Crippen LogP contribution in [0.5, 0.6) is 0 Å². The monoisotopic (exact) mass is 314 g/mol. The number of aryl methyl sites for hydroxylation is 1. The second-order valence-electron chi connectivity index (χ2n) is 5.33. The van der Waals surface area contributed by atoms with E-state index in [4.69, 9.17) is 8.92 Å². The van der Waals surface area contributed by atoms with Crippen molar-refractivity contribution in [1.82, 2.24) is 0 Å². The molecule has 1 unspecified atom stereocenters. The molecule has 0 aromatic heterocycles. The summed E-state index contributed by atoms with van der Waals surface area (Å²) in [5, 5.41) is 0. The van der Waals surface area contributed by atoms with E-state index in [1.54, 1.807) is 19.1 Å². The zero-order valence-electron chi connectivity index (χ0n) is 12.9. The van der Waals surface area contributed by atoms with Crippen molar-refractivity contribution < 1.29 is 22.1 Å². The summed E-state index contributed by atoms with van der Waals surface area (Å²) in [6.07, 6.45) is 1.21. The van der Waals surface area contributed by atoms with Gasteiger partial charge in [-0.1, -0.05) is 31.0 Å². The molecule has 0 spiro atoms. The molecule has 0 fully saturated rings. The number of carbonyl (C=O) groups is 1. The van der Waals surface area contributed by atoms with E-state index in [0.717, 1.165) is 12.0 Å². The number of benzene rings is 1. The number of hydrogen-bond acceptors (Lipinski definition) is 5. The highest BCUT2D eigenvalue weighted by atomic mass is 32.2. The van der Waals surface area contributed by atoms with Gasteiger partial charge in [-0.25, -0.2) is 0 Å². The molecule has 6 heteroatoms. The molecule has 0 saturated carbocycles. The highest BCUT2D eigenvalue weighted by molar-refractivity contribution is 7.86. The molecule has 5 nitrogen and oxygen atoms in total. The summed E-state index contributed by atoms with van der Waals surface area (Å²) in [4.78, 5) is 11.9. The van der Waals surface area contributed by atoms with Crippen LogP contribution in [0.4, 0.5) is 0 Å². The van der Waals surface area contributed by atoms with Crippen LogP contribution >= 0.6 is 0 Å². The minimum Gasteiger partial charge on any atom is -0.469 e. The van der Waals surface area contributed by atoms with Gasteiger partial charge in [0, 0.05) is 0 Å². The molecule has 1 rings (SSSR count). The Morgan fingerprint density at radius 2 is 1.81 bits per heavy atom. The van der Waals surface area contributed by atoms with Crippen molar-refractivity contribution in [3.63, 3.8) is 0 Å². The molecule has 0 aliphatic rings. The number of methoxy groups -OCH3 is 1. The fraction of sp³-hybridized carbons (Fsp3) is 0.533. The van der Waals surface area contributed by atoms with Crippen molar-refractivity contribution in [2.75, 3.05) is 13.7 Å². The van der Waals surface area contributed by atoms with Crippen molar-refractivity contribution in [3.05, 3.63) is 29.8 Å². The molecule has 0 bridgehead atoms. The van der Waals surface area contributed by atoms with Gasteiger partial charge in [-0.15, -0.1) is 0 Å². The van der Waals surface area contributed by atoms with Crippen molar-refractivity contribution in [2.24, 2.45) is 5.41 Å². The Labute approximate surface area is 126 Å². The molecule has 0 radical (unpaired) electrons. The lowest BCUT2D eigenvalue weighted by Crippen LogP contribution is -2.35. The fourth-order valence-electron chi connectivity index (χ4n) is 2.01. The van der Waals surface area contributed by atoms with E-state index < -0.39 is 21.5 Å². The van der Waals surface area contributed by atoms with Crippen LogP contribution in [0.15, 0.2) is 29.2 Å². The first-order valence-corrected chi connectivity index (χ1v) is 8.20. The number of rotatable bonds is 7. The van der Waals surface area contributed by atoms with E-state index in [-0.39, 0.29) is 11.5 Å². The van der Waals surface area contributed by atoms with Gasteiger partial charge in [-0.3, -0.25) is 8.98 Å². The van der Waals surface area contributed by atoms with Gasteiger partial charge in [0.25, 0.3) is 10.1 Å². The predicted molar refractivity (Wildman–Crippen MR) is 79.3 cm³/mol. The lowest BCUT2D eigenvalue weighted by Gasteiger charge is -2.25. The number of carbonyl (C=O) groups excluding carboxylic acids is 1. The van der Waals surface area contributed by atoms with Crippen LogP contribution in [-0.2, 0) is 23.8 Å². The maximum atomic E-state index is 12.1. The zero-order valence-corrected chi connectivity index (χ0v) is 13.7. The number of hydrogen-bond donors (Lipinski definition) is 0. The van der Waals surface area contributed by atoms with E-state index in [1.807, 2.05) is 13.8 Å². The third kappa shape index (κ3) is 4.54. The highest BCUT2D eigenvalue weighted by Crippen LogP contribution is 2.27. The Hall–Kier alpha value is -1.40. The predicted octanol–water partition coefficient (Wildman–Crippen LogP) is 2.68. The quantitative estimate of drug-likeness (QED) is 0.571. The average molecular weight is 314 g/mol. The summed E-state index contributed by atoms with van der Waals surface area (Å²) in [7, 11) is -2.60. The topological polar surface area (TPSA) is 69.7 Å². The van der Waals surface area contributed by atoms with Gasteiger partial charge < -0.3 is 4.74 Å². The molecule has 1 aromatic carbocycles. The molecule has 0 heterocycles. The SMILES string of the molecule is CCCC(C)(COS(=O)(=O)c1ccc(C)cc1)C(=O)OC. The molecular formula is C15H22O5S. The van der Waals surface area contributed by atoms with Crippen molar-refractivity contribution in [3.8, 4) is 0 Å². The zero-order chi connectivity index (χ0) is 16.1. The molecule has 21 heavy (non-hydrogen) atoms. The Balaban J connectivity index is 2.88. The van der Waals surface area contributed by atoms with E-state index in [2.05, 4.69) is 0 Å². The Bertz CT molecular complexity index is 577. The van der Waals surface area contributed by atoms with Crippen LogP contribution in [0.2, 0.25) is 0 Å². The summed E-state index contributed by atoms with van der Waals surface area (Å²) in [5.41, 5.74) is -0.0133. The summed E-state index contributed by atoms with van der Waals surface area (Å²) < 4.78 is 34.1. The minimum atomic E-state index is -3.88. The van der Waals surface area contributed by atoms with Gasteiger partial charge in [0.2, 0.25) is 0 Å². The van der Waals surface area contributed by atoms with Crippen LogP contribution in [0.25, 0.3) is 0 Å². The normalized spacial score (nSPS) is 14.5. The van der Waals surface area contributed by atoms with Crippen molar-refractivity contribution in [2.45, 2.75) is 38.5 Å².